The number of carbonyl (C=O) groups excluding carboxylic acids is 4. The van der Waals surface area contributed by atoms with Gasteiger partial charge in [-0.15, -0.1) is 11.3 Å². The van der Waals surface area contributed by atoms with E-state index in [0.717, 1.165) is 69.0 Å². The number of amides is 4. The number of imidazole rings is 1. The van der Waals surface area contributed by atoms with Gasteiger partial charge >= 0.3 is 0 Å². The third-order valence-corrected chi connectivity index (χ3v) is 16.2. The van der Waals surface area contributed by atoms with E-state index in [1.807, 2.05) is 105 Å². The van der Waals surface area contributed by atoms with Crippen LogP contribution in [0.2, 0.25) is 0 Å². The quantitative estimate of drug-likeness (QED) is 0.0275. The fourth-order valence-electron chi connectivity index (χ4n) is 10.4. The minimum atomic E-state index is -0.940. The zero-order valence-corrected chi connectivity index (χ0v) is 49.1. The Balaban J connectivity index is 0.621. The van der Waals surface area contributed by atoms with E-state index in [1.54, 1.807) is 17.5 Å². The normalized spacial score (nSPS) is 16.1. The van der Waals surface area contributed by atoms with E-state index in [4.69, 9.17) is 40.4 Å². The number of nitrogens with one attached hydrogen (secondary N) is 3. The lowest BCUT2D eigenvalue weighted by Gasteiger charge is -2.38. The maximum absolute atomic E-state index is 14.0. The fourth-order valence-corrected chi connectivity index (χ4v) is 11.2. The van der Waals surface area contributed by atoms with Crippen LogP contribution in [-0.4, -0.2) is 142 Å². The average molecular weight is 1160 g/mol. The number of β-amino-alcohol motifs (C(OH)–C–C–N with tert-alkyl or cyclic N) is 1. The van der Waals surface area contributed by atoms with Crippen molar-refractivity contribution in [1.82, 2.24) is 45.4 Å². The first kappa shape index (κ1) is 61.1. The van der Waals surface area contributed by atoms with Gasteiger partial charge in [0.2, 0.25) is 23.6 Å². The molecule has 1 saturated heterocycles. The van der Waals surface area contributed by atoms with Crippen molar-refractivity contribution in [3.63, 3.8) is 0 Å². The molecule has 8 N–H and O–H groups in total. The summed E-state index contributed by atoms with van der Waals surface area (Å²) >= 11 is 1.57. The number of rotatable bonds is 28. The number of fused-ring (bicyclic) bond motifs is 1. The molecule has 0 bridgehead atoms. The van der Waals surface area contributed by atoms with Gasteiger partial charge in [-0.1, -0.05) is 75.4 Å². The van der Waals surface area contributed by atoms with Crippen LogP contribution in [0.1, 0.15) is 81.7 Å². The van der Waals surface area contributed by atoms with E-state index in [0.29, 0.717) is 87.4 Å². The number of anilines is 1. The second-order valence-corrected chi connectivity index (χ2v) is 23.4. The Hall–Kier alpha value is -7.50. The molecule has 9 rings (SSSR count). The van der Waals surface area contributed by atoms with Crippen LogP contribution < -0.4 is 27.4 Å². The minimum Gasteiger partial charge on any atom is -0.391 e. The van der Waals surface area contributed by atoms with Crippen molar-refractivity contribution in [2.24, 2.45) is 11.1 Å². The molecule has 0 unspecified atom stereocenters. The number of aryl methyl sites for hydroxylation is 2. The molecule has 2 aliphatic rings. The zero-order valence-electron chi connectivity index (χ0n) is 48.3. The van der Waals surface area contributed by atoms with Gasteiger partial charge in [0.25, 0.3) is 0 Å². The Kier molecular flexibility index (Phi) is 20.6. The molecule has 21 heteroatoms. The maximum atomic E-state index is 14.0. The highest BCUT2D eigenvalue weighted by molar-refractivity contribution is 7.13. The topological polar surface area (TPSA) is 273 Å². The number of likely N-dealkylation sites (tertiary alicyclic amines) is 1. The molecule has 2 fully saturated rings. The van der Waals surface area contributed by atoms with Gasteiger partial charge in [0.1, 0.15) is 23.4 Å². The van der Waals surface area contributed by atoms with Crippen molar-refractivity contribution in [1.29, 1.82) is 0 Å². The molecule has 3 aromatic carbocycles. The summed E-state index contributed by atoms with van der Waals surface area (Å²) in [7, 11) is 0. The Morgan fingerprint density at radius 3 is 2.17 bits per heavy atom. The fraction of sp³-hybridized carbons (Fsp3) is 0.429. The van der Waals surface area contributed by atoms with Crippen molar-refractivity contribution in [2.45, 2.75) is 103 Å². The molecule has 5 heterocycles. The second-order valence-electron chi connectivity index (χ2n) is 22.5. The predicted molar refractivity (Wildman–Crippen MR) is 323 cm³/mol. The smallest absolute Gasteiger partial charge is 0.246 e. The van der Waals surface area contributed by atoms with Crippen LogP contribution in [0.25, 0.3) is 49.9 Å². The van der Waals surface area contributed by atoms with Crippen LogP contribution in [0.3, 0.4) is 0 Å². The van der Waals surface area contributed by atoms with Gasteiger partial charge < -0.3 is 56.4 Å². The average Bonchev–Trinajstić information content (AvgIpc) is 2.64. The molecular weight excluding hydrogens is 1090 g/mol. The summed E-state index contributed by atoms with van der Waals surface area (Å²) in [6, 6.07) is 30.1. The van der Waals surface area contributed by atoms with Gasteiger partial charge in [-0.3, -0.25) is 23.7 Å². The molecule has 0 radical (unpaired) electrons. The van der Waals surface area contributed by atoms with Crippen LogP contribution in [0.15, 0.2) is 109 Å². The molecule has 1 saturated carbocycles. The number of hydrogen-bond donors (Lipinski definition) is 6. The molecule has 0 spiro atoms. The van der Waals surface area contributed by atoms with Gasteiger partial charge in [-0.25, -0.2) is 19.9 Å². The number of hydrogen-bond acceptors (Lipinski definition) is 16. The van der Waals surface area contributed by atoms with Crippen LogP contribution >= 0.6 is 11.3 Å². The zero-order chi connectivity index (χ0) is 59.2. The number of ether oxygens (including phenoxy) is 4. The summed E-state index contributed by atoms with van der Waals surface area (Å²) in [5.74, 6) is -0.228. The van der Waals surface area contributed by atoms with Crippen molar-refractivity contribution in [3.8, 4) is 38.8 Å². The van der Waals surface area contributed by atoms with E-state index in [-0.39, 0.29) is 62.4 Å². The highest BCUT2D eigenvalue weighted by Crippen LogP contribution is 2.40. The van der Waals surface area contributed by atoms with Gasteiger partial charge in [-0.2, -0.15) is 0 Å². The summed E-state index contributed by atoms with van der Waals surface area (Å²) < 4.78 is 24.5. The standard InChI is InChI=1S/C63H77N11O9S/c1-41-55(84-40-69-41)44-14-11-43(12-15-44)38-68-60(78)52-37-48(75)39-73(52)61(79)56(62(2,3)4)72-54(77)23-28-80-30-32-82-34-35-83-33-31-81-29-27-66-53(76)22-13-42-8-5-9-45(36-42)50-20-21-51-59(70-50)74(58(71-51)49-10-6-26-67-57(49)64)47-18-16-46(17-19-47)63(65)24-7-25-63/h5-6,8-12,14-21,26,36,40,48,52,56,75H,7,13,22-25,27-35,37-39,65H2,1-4H3,(H2,64,67)(H,66,76)(H,68,78)(H,72,77)/t48-,52+,56-/m1/s1. The largest absolute Gasteiger partial charge is 0.391 e. The van der Waals surface area contributed by atoms with Crippen LogP contribution in [0.5, 0.6) is 0 Å². The maximum Gasteiger partial charge on any atom is 0.246 e. The summed E-state index contributed by atoms with van der Waals surface area (Å²) in [6.45, 7) is 10.5. The number of benzene rings is 3. The third-order valence-electron chi connectivity index (χ3n) is 15.3. The highest BCUT2D eigenvalue weighted by atomic mass is 32.1. The molecule has 3 atom stereocenters. The summed E-state index contributed by atoms with van der Waals surface area (Å²) in [5.41, 5.74) is 23.6. The summed E-state index contributed by atoms with van der Waals surface area (Å²) in [6.07, 6.45) is 4.83. The molecule has 4 aromatic heterocycles. The highest BCUT2D eigenvalue weighted by Gasteiger charge is 2.44. The van der Waals surface area contributed by atoms with Crippen molar-refractivity contribution < 1.29 is 43.2 Å². The van der Waals surface area contributed by atoms with Gasteiger partial charge in [0.05, 0.1) is 86.3 Å². The van der Waals surface area contributed by atoms with Crippen LogP contribution in [0, 0.1) is 12.3 Å². The Morgan fingerprint density at radius 1 is 0.786 bits per heavy atom. The number of nitrogens with zero attached hydrogens (tertiary/aromatic N) is 6. The molecular formula is C63H77N11O9S. The summed E-state index contributed by atoms with van der Waals surface area (Å²) in [5, 5.41) is 19.3. The van der Waals surface area contributed by atoms with Crippen molar-refractivity contribution in [3.05, 3.63) is 131 Å². The number of aliphatic hydroxyl groups excluding tert-OH is 1. The molecule has 84 heavy (non-hydrogen) atoms. The predicted octanol–water partition coefficient (Wildman–Crippen LogP) is 6.82. The number of pyridine rings is 2. The first-order valence-corrected chi connectivity index (χ1v) is 29.6. The molecule has 20 nitrogen and oxygen atoms in total. The second kappa shape index (κ2) is 28.4. The number of aromatic nitrogens is 5. The van der Waals surface area contributed by atoms with Crippen LogP contribution in [0.4, 0.5) is 5.82 Å². The number of aliphatic hydroxyl groups is 1. The number of nitrogens with two attached hydrogens (primary N) is 2. The third kappa shape index (κ3) is 15.6. The lowest BCUT2D eigenvalue weighted by molar-refractivity contribution is -0.144. The Morgan fingerprint density at radius 2 is 1.50 bits per heavy atom. The van der Waals surface area contributed by atoms with Gasteiger partial charge in [0.15, 0.2) is 11.5 Å². The van der Waals surface area contributed by atoms with Crippen LogP contribution in [-0.2, 0) is 56.6 Å². The lowest BCUT2D eigenvalue weighted by Crippen LogP contribution is -2.57. The number of nitrogen functional groups attached to an aromatic ring is 1. The van der Waals surface area contributed by atoms with Gasteiger partial charge in [0, 0.05) is 61.9 Å². The molecule has 1 aliphatic heterocycles. The van der Waals surface area contributed by atoms with E-state index in [9.17, 15) is 24.3 Å². The van der Waals surface area contributed by atoms with E-state index in [2.05, 4.69) is 56.3 Å². The molecule has 444 valence electrons. The minimum absolute atomic E-state index is 0.0124. The van der Waals surface area contributed by atoms with E-state index < -0.39 is 29.5 Å². The van der Waals surface area contributed by atoms with Gasteiger partial charge in [-0.05, 0) is 103 Å². The lowest BCUT2D eigenvalue weighted by atomic mass is 9.73. The first-order chi connectivity index (χ1) is 40.5. The molecule has 1 aliphatic carbocycles. The van der Waals surface area contributed by atoms with Crippen molar-refractivity contribution >= 4 is 51.9 Å². The SMILES string of the molecule is Cc1ncsc1-c1ccc(CNC(=O)[C@@H]2C[C@@H](O)CN2C(=O)[C@@H](NC(=O)CCOCCOCCOCCOCCNC(=O)CCc2cccc(-c3ccc4nc(-c5cccnc5N)n(-c5ccc(C6(N)CCC6)cc5)c4n3)c2)C(C)(C)C)cc1. The number of thiazole rings is 1. The van der Waals surface area contributed by atoms with Crippen molar-refractivity contribution in [2.75, 3.05) is 71.7 Å². The number of carbonyl (C=O) groups is 4. The Bertz CT molecular complexity index is 3360. The van der Waals surface area contributed by atoms with E-state index >= 15 is 0 Å². The monoisotopic (exact) mass is 1160 g/mol. The molecule has 4 amide bonds. The molecule has 7 aromatic rings. The first-order valence-electron chi connectivity index (χ1n) is 28.8. The van der Waals surface area contributed by atoms with E-state index in [1.165, 1.54) is 4.90 Å². The summed E-state index contributed by atoms with van der Waals surface area (Å²) in [4.78, 5) is 74.6. The Labute approximate surface area is 494 Å².